The maximum Gasteiger partial charge on any atom is 0.349 e. The first kappa shape index (κ1) is 18.4. The van der Waals surface area contributed by atoms with Crippen molar-refractivity contribution >= 4 is 38.9 Å². The zero-order valence-corrected chi connectivity index (χ0v) is 17.3. The number of carbonyl (C=O) groups excluding carboxylic acids is 1. The van der Waals surface area contributed by atoms with Gasteiger partial charge in [0.15, 0.2) is 11.9 Å². The molecule has 3 aromatic heterocycles. The lowest BCUT2D eigenvalue weighted by Gasteiger charge is -2.11. The maximum atomic E-state index is 12.6. The van der Waals surface area contributed by atoms with Crippen LogP contribution in [-0.2, 0) is 17.6 Å². The molecule has 0 unspecified atom stereocenters. The lowest BCUT2D eigenvalue weighted by Crippen LogP contribution is -2.17. The standard InChI is InChI=1S/C20H22N2O3S2/c1-10-12(3)26-19-16(10)18(23)21-17(22-19)11(2)25-20(24)15-9-13-7-5-4-6-8-14(13)27-15/h9,11H,4-8H2,1-3H3,(H,21,22,23)/t11-/m0/s1. The normalized spacial score (nSPS) is 15.4. The number of carbonyl (C=O) groups is 1. The zero-order valence-electron chi connectivity index (χ0n) is 15.7. The highest BCUT2D eigenvalue weighted by molar-refractivity contribution is 7.18. The van der Waals surface area contributed by atoms with Crippen molar-refractivity contribution in [1.82, 2.24) is 9.97 Å². The van der Waals surface area contributed by atoms with Gasteiger partial charge in [0, 0.05) is 9.75 Å². The van der Waals surface area contributed by atoms with E-state index < -0.39 is 6.10 Å². The molecule has 1 aliphatic carbocycles. The number of rotatable bonds is 3. The maximum absolute atomic E-state index is 12.6. The fraction of sp³-hybridized carbons (Fsp3) is 0.450. The number of H-pyrrole nitrogens is 1. The van der Waals surface area contributed by atoms with Crippen LogP contribution in [0.1, 0.15) is 68.7 Å². The number of nitrogens with zero attached hydrogens (tertiary/aromatic N) is 1. The van der Waals surface area contributed by atoms with Crippen molar-refractivity contribution < 1.29 is 9.53 Å². The molecular formula is C20H22N2O3S2. The molecule has 142 valence electrons. The van der Waals surface area contributed by atoms with Gasteiger partial charge < -0.3 is 9.72 Å². The number of fused-ring (bicyclic) bond motifs is 2. The van der Waals surface area contributed by atoms with E-state index in [4.69, 9.17) is 4.74 Å². The highest BCUT2D eigenvalue weighted by Gasteiger charge is 2.22. The topological polar surface area (TPSA) is 72.0 Å². The molecule has 0 aromatic carbocycles. The molecule has 27 heavy (non-hydrogen) atoms. The summed E-state index contributed by atoms with van der Waals surface area (Å²) in [4.78, 5) is 36.1. The molecule has 0 radical (unpaired) electrons. The van der Waals surface area contributed by atoms with E-state index >= 15 is 0 Å². The summed E-state index contributed by atoms with van der Waals surface area (Å²) >= 11 is 3.03. The summed E-state index contributed by atoms with van der Waals surface area (Å²) in [6, 6.07) is 1.98. The van der Waals surface area contributed by atoms with Crippen LogP contribution >= 0.6 is 22.7 Å². The third kappa shape index (κ3) is 3.46. The van der Waals surface area contributed by atoms with Crippen LogP contribution in [0.4, 0.5) is 0 Å². The summed E-state index contributed by atoms with van der Waals surface area (Å²) in [5, 5.41) is 0.627. The average Bonchev–Trinajstić information content (AvgIpc) is 3.08. The lowest BCUT2D eigenvalue weighted by molar-refractivity contribution is 0.0326. The van der Waals surface area contributed by atoms with Crippen LogP contribution in [-0.4, -0.2) is 15.9 Å². The Labute approximate surface area is 165 Å². The molecule has 0 fully saturated rings. The van der Waals surface area contributed by atoms with Crippen molar-refractivity contribution in [3.63, 3.8) is 0 Å². The number of nitrogens with one attached hydrogen (secondary N) is 1. The molecule has 0 aliphatic heterocycles. The number of aromatic amines is 1. The number of esters is 1. The van der Waals surface area contributed by atoms with E-state index in [0.717, 1.165) is 23.3 Å². The van der Waals surface area contributed by atoms with Crippen LogP contribution in [0, 0.1) is 13.8 Å². The molecule has 4 rings (SSSR count). The molecule has 3 heterocycles. The van der Waals surface area contributed by atoms with Gasteiger partial charge in [-0.05, 0) is 63.6 Å². The van der Waals surface area contributed by atoms with Crippen molar-refractivity contribution in [2.45, 2.75) is 59.0 Å². The van der Waals surface area contributed by atoms with Crippen molar-refractivity contribution in [1.29, 1.82) is 0 Å². The average molecular weight is 403 g/mol. The van der Waals surface area contributed by atoms with Crippen LogP contribution in [0.3, 0.4) is 0 Å². The van der Waals surface area contributed by atoms with Gasteiger partial charge in [-0.3, -0.25) is 4.79 Å². The van der Waals surface area contributed by atoms with Gasteiger partial charge in [-0.1, -0.05) is 6.42 Å². The number of aromatic nitrogens is 2. The van der Waals surface area contributed by atoms with Crippen LogP contribution < -0.4 is 5.56 Å². The second kappa shape index (κ2) is 7.20. The summed E-state index contributed by atoms with van der Waals surface area (Å²) in [5.74, 6) is 0.0436. The third-order valence-corrected chi connectivity index (χ3v) is 7.49. The second-order valence-electron chi connectivity index (χ2n) is 7.08. The van der Waals surface area contributed by atoms with Crippen LogP contribution in [0.25, 0.3) is 10.2 Å². The van der Waals surface area contributed by atoms with Crippen LogP contribution in [0.5, 0.6) is 0 Å². The summed E-state index contributed by atoms with van der Waals surface area (Å²) in [6.45, 7) is 5.65. The monoisotopic (exact) mass is 402 g/mol. The lowest BCUT2D eigenvalue weighted by atomic mass is 10.1. The number of aryl methyl sites for hydroxylation is 4. The van der Waals surface area contributed by atoms with Gasteiger partial charge in [0.1, 0.15) is 9.71 Å². The molecule has 0 saturated heterocycles. The van der Waals surface area contributed by atoms with Crippen molar-refractivity contribution in [3.05, 3.63) is 48.0 Å². The predicted molar refractivity (Wildman–Crippen MR) is 109 cm³/mol. The summed E-state index contributed by atoms with van der Waals surface area (Å²) in [5.41, 5.74) is 2.07. The molecule has 3 aromatic rings. The first-order valence-corrected chi connectivity index (χ1v) is 10.9. The number of ether oxygens (including phenoxy) is 1. The number of hydrogen-bond donors (Lipinski definition) is 1. The number of hydrogen-bond acceptors (Lipinski definition) is 6. The molecule has 0 spiro atoms. The molecular weight excluding hydrogens is 380 g/mol. The smallest absolute Gasteiger partial charge is 0.349 e. The Kier molecular flexibility index (Phi) is 4.90. The Morgan fingerprint density at radius 1 is 1.22 bits per heavy atom. The van der Waals surface area contributed by atoms with E-state index in [-0.39, 0.29) is 11.5 Å². The molecule has 0 saturated carbocycles. The minimum absolute atomic E-state index is 0.178. The zero-order chi connectivity index (χ0) is 19.1. The fourth-order valence-electron chi connectivity index (χ4n) is 3.51. The Morgan fingerprint density at radius 2 is 2.00 bits per heavy atom. The molecule has 1 atom stereocenters. The van der Waals surface area contributed by atoms with Gasteiger partial charge in [-0.15, -0.1) is 22.7 Å². The van der Waals surface area contributed by atoms with Gasteiger partial charge in [0.05, 0.1) is 5.39 Å². The highest BCUT2D eigenvalue weighted by atomic mass is 32.1. The van der Waals surface area contributed by atoms with Gasteiger partial charge in [0.25, 0.3) is 5.56 Å². The SMILES string of the molecule is Cc1sc2nc([C@H](C)OC(=O)c3cc4c(s3)CCCCC4)[nH]c(=O)c2c1C. The number of thiophene rings is 2. The van der Waals surface area contributed by atoms with Gasteiger partial charge in [0.2, 0.25) is 0 Å². The largest absolute Gasteiger partial charge is 0.450 e. The Hall–Kier alpha value is -1.99. The van der Waals surface area contributed by atoms with E-state index in [1.54, 1.807) is 18.3 Å². The molecule has 7 heteroatoms. The van der Waals surface area contributed by atoms with E-state index in [9.17, 15) is 9.59 Å². The van der Waals surface area contributed by atoms with Gasteiger partial charge in [-0.2, -0.15) is 0 Å². The van der Waals surface area contributed by atoms with Crippen molar-refractivity contribution in [3.8, 4) is 0 Å². The van der Waals surface area contributed by atoms with Crippen molar-refractivity contribution in [2.75, 3.05) is 0 Å². The minimum Gasteiger partial charge on any atom is -0.450 e. The summed E-state index contributed by atoms with van der Waals surface area (Å²) < 4.78 is 5.62. The van der Waals surface area contributed by atoms with E-state index in [2.05, 4.69) is 9.97 Å². The van der Waals surface area contributed by atoms with Gasteiger partial charge in [-0.25, -0.2) is 9.78 Å². The van der Waals surface area contributed by atoms with E-state index in [1.165, 1.54) is 41.0 Å². The first-order valence-electron chi connectivity index (χ1n) is 9.26. The van der Waals surface area contributed by atoms with Crippen LogP contribution in [0.2, 0.25) is 0 Å². The molecule has 1 N–H and O–H groups in total. The second-order valence-corrected chi connectivity index (χ2v) is 9.42. The van der Waals surface area contributed by atoms with Gasteiger partial charge >= 0.3 is 5.97 Å². The Bertz CT molecular complexity index is 1050. The molecule has 1 aliphatic rings. The predicted octanol–water partition coefficient (Wildman–Crippen LogP) is 4.85. The highest BCUT2D eigenvalue weighted by Crippen LogP contribution is 2.31. The summed E-state index contributed by atoms with van der Waals surface area (Å²) in [7, 11) is 0. The van der Waals surface area contributed by atoms with Crippen molar-refractivity contribution in [2.24, 2.45) is 0 Å². The quantitative estimate of drug-likeness (QED) is 0.502. The molecule has 0 amide bonds. The summed E-state index contributed by atoms with van der Waals surface area (Å²) in [6.07, 6.45) is 5.09. The van der Waals surface area contributed by atoms with E-state index in [1.807, 2.05) is 19.9 Å². The molecule has 0 bridgehead atoms. The minimum atomic E-state index is -0.612. The van der Waals surface area contributed by atoms with E-state index in [0.29, 0.717) is 20.9 Å². The fourth-order valence-corrected chi connectivity index (χ4v) is 5.68. The Balaban J connectivity index is 1.57. The van der Waals surface area contributed by atoms with Crippen LogP contribution in [0.15, 0.2) is 10.9 Å². The third-order valence-electron chi connectivity index (χ3n) is 5.17. The Morgan fingerprint density at radius 3 is 2.81 bits per heavy atom. The first-order chi connectivity index (χ1) is 12.9. The molecule has 5 nitrogen and oxygen atoms in total.